The number of halogens is 2. The number of pyridine rings is 1. The van der Waals surface area contributed by atoms with Crippen molar-refractivity contribution in [2.45, 2.75) is 38.1 Å². The molecule has 4 aromatic rings. The molecule has 1 saturated carbocycles. The number of phenolic OH excluding ortho intramolecular Hbond substituents is 1. The summed E-state index contributed by atoms with van der Waals surface area (Å²) in [7, 11) is 0. The molecule has 2 aromatic heterocycles. The summed E-state index contributed by atoms with van der Waals surface area (Å²) in [5.41, 5.74) is 3.05. The summed E-state index contributed by atoms with van der Waals surface area (Å²) in [4.78, 5) is 29.9. The molecule has 194 valence electrons. The largest absolute Gasteiger partial charge is 0.507 e. The summed E-state index contributed by atoms with van der Waals surface area (Å²) < 4.78 is 1.38. The van der Waals surface area contributed by atoms with E-state index in [-0.39, 0.29) is 35.0 Å². The number of hydrogen-bond donors (Lipinski definition) is 3. The monoisotopic (exact) mass is 549 g/mol. The van der Waals surface area contributed by atoms with Crippen molar-refractivity contribution in [3.63, 3.8) is 0 Å². The molecule has 2 heterocycles. The Morgan fingerprint density at radius 1 is 1.03 bits per heavy atom. The Kier molecular flexibility index (Phi) is 7.62. The van der Waals surface area contributed by atoms with Crippen LogP contribution < -0.4 is 10.6 Å². The minimum atomic E-state index is -0.434. The van der Waals surface area contributed by atoms with Crippen LogP contribution in [0.2, 0.25) is 10.2 Å². The van der Waals surface area contributed by atoms with E-state index in [9.17, 15) is 14.7 Å². The van der Waals surface area contributed by atoms with Crippen molar-refractivity contribution in [2.24, 2.45) is 0 Å². The second-order valence-electron chi connectivity index (χ2n) is 9.13. The minimum Gasteiger partial charge on any atom is -0.507 e. The topological polar surface area (TPSA) is 109 Å². The number of benzene rings is 2. The first-order valence-corrected chi connectivity index (χ1v) is 13.0. The van der Waals surface area contributed by atoms with E-state index >= 15 is 0 Å². The number of carbonyl (C=O) groups is 2. The molecule has 10 heteroatoms. The lowest BCUT2D eigenvalue weighted by Gasteiger charge is -2.12. The van der Waals surface area contributed by atoms with Crippen LogP contribution in [0, 0.1) is 0 Å². The van der Waals surface area contributed by atoms with E-state index < -0.39 is 5.91 Å². The molecule has 38 heavy (non-hydrogen) atoms. The molecule has 8 nitrogen and oxygen atoms in total. The Bertz CT molecular complexity index is 1500. The number of nitrogens with one attached hydrogen (secondary N) is 2. The number of nitrogens with zero attached hydrogens (tertiary/aromatic N) is 3. The molecule has 0 spiro atoms. The zero-order valence-electron chi connectivity index (χ0n) is 20.3. The molecule has 2 amide bonds. The van der Waals surface area contributed by atoms with Gasteiger partial charge in [0.05, 0.1) is 17.0 Å². The summed E-state index contributed by atoms with van der Waals surface area (Å²) in [6.45, 7) is 0.251. The van der Waals surface area contributed by atoms with Crippen molar-refractivity contribution in [1.29, 1.82) is 0 Å². The fourth-order valence-electron chi connectivity index (χ4n) is 4.66. The lowest BCUT2D eigenvalue weighted by Crippen LogP contribution is -2.30. The van der Waals surface area contributed by atoms with Gasteiger partial charge in [-0.05, 0) is 60.9 Å². The van der Waals surface area contributed by atoms with Gasteiger partial charge in [0.1, 0.15) is 10.9 Å². The Hall–Kier alpha value is -3.88. The van der Waals surface area contributed by atoms with Crippen LogP contribution in [0.4, 0.5) is 10.5 Å². The van der Waals surface area contributed by atoms with Crippen molar-refractivity contribution < 1.29 is 14.7 Å². The number of carbonyl (C=O) groups excluding carboxylic acids is 2. The molecule has 5 rings (SSSR count). The Morgan fingerprint density at radius 3 is 2.58 bits per heavy atom. The van der Waals surface area contributed by atoms with E-state index in [1.807, 2.05) is 24.3 Å². The standard InChI is InChI=1S/C28H25Cl2N5O3/c29-22-10-4-3-8-18(22)16-32-28(38)35-24(17-6-1-2-7-17)15-23(34-35)21-14-19(11-12-25(21)36)33-27(37)20-9-5-13-31-26(20)30/h3-5,8-15,17,36H,1-2,6-7,16H2,(H,32,38)(H,33,37). The van der Waals surface area contributed by atoms with Crippen LogP contribution in [0.3, 0.4) is 0 Å². The van der Waals surface area contributed by atoms with Gasteiger partial charge in [-0.1, -0.05) is 54.2 Å². The first kappa shape index (κ1) is 25.8. The average molecular weight is 550 g/mol. The van der Waals surface area contributed by atoms with Crippen LogP contribution in [0.15, 0.2) is 66.9 Å². The van der Waals surface area contributed by atoms with Crippen molar-refractivity contribution >= 4 is 40.8 Å². The number of rotatable bonds is 6. The normalized spacial score (nSPS) is 13.4. The van der Waals surface area contributed by atoms with E-state index in [0.29, 0.717) is 22.0 Å². The number of aromatic hydroxyl groups is 1. The van der Waals surface area contributed by atoms with Crippen LogP contribution in [-0.2, 0) is 6.54 Å². The second kappa shape index (κ2) is 11.2. The van der Waals surface area contributed by atoms with Crippen LogP contribution in [0.5, 0.6) is 5.75 Å². The molecule has 0 bridgehead atoms. The van der Waals surface area contributed by atoms with E-state index in [2.05, 4.69) is 20.7 Å². The predicted molar refractivity (Wildman–Crippen MR) is 147 cm³/mol. The number of amides is 2. The molecule has 0 aliphatic heterocycles. The Labute approximate surface area is 229 Å². The van der Waals surface area contributed by atoms with Crippen LogP contribution >= 0.6 is 23.2 Å². The van der Waals surface area contributed by atoms with Crippen molar-refractivity contribution in [2.75, 3.05) is 5.32 Å². The molecule has 1 aliphatic rings. The van der Waals surface area contributed by atoms with Gasteiger partial charge in [-0.2, -0.15) is 9.78 Å². The predicted octanol–water partition coefficient (Wildman–Crippen LogP) is 6.63. The third-order valence-corrected chi connectivity index (χ3v) is 7.29. The summed E-state index contributed by atoms with van der Waals surface area (Å²) in [6, 6.07) is 16.6. The number of aromatic nitrogens is 3. The zero-order valence-corrected chi connectivity index (χ0v) is 21.8. The molecule has 0 unspecified atom stereocenters. The van der Waals surface area contributed by atoms with Crippen molar-refractivity contribution in [3.05, 3.63) is 93.9 Å². The maximum atomic E-state index is 13.2. The first-order valence-electron chi connectivity index (χ1n) is 12.3. The smallest absolute Gasteiger partial charge is 0.342 e. The van der Waals surface area contributed by atoms with Crippen molar-refractivity contribution in [1.82, 2.24) is 20.1 Å². The van der Waals surface area contributed by atoms with Crippen LogP contribution in [0.25, 0.3) is 11.3 Å². The first-order chi connectivity index (χ1) is 18.4. The fraction of sp³-hybridized carbons (Fsp3) is 0.214. The maximum absolute atomic E-state index is 13.2. The molecule has 0 radical (unpaired) electrons. The minimum absolute atomic E-state index is 0.0264. The summed E-state index contributed by atoms with van der Waals surface area (Å²) in [5.74, 6) is -0.280. The van der Waals surface area contributed by atoms with E-state index in [1.54, 1.807) is 30.3 Å². The zero-order chi connectivity index (χ0) is 26.6. The number of anilines is 1. The highest BCUT2D eigenvalue weighted by atomic mass is 35.5. The van der Waals surface area contributed by atoms with Gasteiger partial charge in [-0.15, -0.1) is 0 Å². The highest BCUT2D eigenvalue weighted by Crippen LogP contribution is 2.38. The lowest BCUT2D eigenvalue weighted by molar-refractivity contribution is 0.102. The molecular weight excluding hydrogens is 525 g/mol. The maximum Gasteiger partial charge on any atom is 0.342 e. The SMILES string of the molecule is O=C(Nc1ccc(O)c(-c2cc(C3CCCC3)n(C(=O)NCc3ccccc3Cl)n2)c1)c1cccnc1Cl. The molecular formula is C28H25Cl2N5O3. The number of phenols is 1. The van der Waals surface area contributed by atoms with Gasteiger partial charge < -0.3 is 15.7 Å². The Morgan fingerprint density at radius 2 is 1.82 bits per heavy atom. The van der Waals surface area contributed by atoms with Crippen LogP contribution in [0.1, 0.15) is 53.2 Å². The third kappa shape index (κ3) is 5.51. The van der Waals surface area contributed by atoms with Gasteiger partial charge in [-0.25, -0.2) is 9.78 Å². The molecule has 0 atom stereocenters. The van der Waals surface area contributed by atoms with Crippen LogP contribution in [-0.4, -0.2) is 31.8 Å². The van der Waals surface area contributed by atoms with E-state index in [0.717, 1.165) is 36.9 Å². The van der Waals surface area contributed by atoms with E-state index in [4.69, 9.17) is 23.2 Å². The number of hydrogen-bond acceptors (Lipinski definition) is 5. The fourth-order valence-corrected chi connectivity index (χ4v) is 5.07. The van der Waals surface area contributed by atoms with Gasteiger partial charge in [0.15, 0.2) is 0 Å². The Balaban J connectivity index is 1.43. The molecule has 1 aliphatic carbocycles. The highest BCUT2D eigenvalue weighted by Gasteiger charge is 2.26. The second-order valence-corrected chi connectivity index (χ2v) is 9.89. The summed E-state index contributed by atoms with van der Waals surface area (Å²) in [5, 5.41) is 21.6. The van der Waals surface area contributed by atoms with Gasteiger partial charge in [-0.3, -0.25) is 4.79 Å². The average Bonchev–Trinajstić information content (AvgIpc) is 3.60. The van der Waals surface area contributed by atoms with Gasteiger partial charge in [0.25, 0.3) is 5.91 Å². The molecule has 3 N–H and O–H groups in total. The molecule has 0 saturated heterocycles. The van der Waals surface area contributed by atoms with Gasteiger partial charge in [0, 0.05) is 34.9 Å². The van der Waals surface area contributed by atoms with E-state index in [1.165, 1.54) is 16.9 Å². The van der Waals surface area contributed by atoms with Gasteiger partial charge >= 0.3 is 6.03 Å². The third-order valence-electron chi connectivity index (χ3n) is 6.62. The highest BCUT2D eigenvalue weighted by molar-refractivity contribution is 6.33. The molecule has 1 fully saturated rings. The quantitative estimate of drug-likeness (QED) is 0.185. The molecule has 2 aromatic carbocycles. The summed E-state index contributed by atoms with van der Waals surface area (Å²) >= 11 is 12.3. The lowest BCUT2D eigenvalue weighted by atomic mass is 10.0. The van der Waals surface area contributed by atoms with Crippen molar-refractivity contribution in [3.8, 4) is 17.0 Å². The summed E-state index contributed by atoms with van der Waals surface area (Å²) in [6.07, 6.45) is 5.57. The van der Waals surface area contributed by atoms with Gasteiger partial charge in [0.2, 0.25) is 0 Å².